The number of benzene rings is 1. The van der Waals surface area contributed by atoms with Crippen LogP contribution in [0.5, 0.6) is 11.5 Å². The van der Waals surface area contributed by atoms with Crippen LogP contribution in [-0.2, 0) is 6.42 Å². The highest BCUT2D eigenvalue weighted by atomic mass is 16.5. The van der Waals surface area contributed by atoms with E-state index < -0.39 is 0 Å². The lowest BCUT2D eigenvalue weighted by Crippen LogP contribution is -2.21. The van der Waals surface area contributed by atoms with Crippen molar-refractivity contribution < 1.29 is 4.74 Å². The van der Waals surface area contributed by atoms with Crippen LogP contribution in [0.1, 0.15) is 30.2 Å². The lowest BCUT2D eigenvalue weighted by molar-refractivity contribution is 0.471. The number of hydrogen-bond acceptors (Lipinski definition) is 3. The summed E-state index contributed by atoms with van der Waals surface area (Å²) in [6, 6.07) is 10.3. The minimum Gasteiger partial charge on any atom is -0.455 e. The van der Waals surface area contributed by atoms with Crippen molar-refractivity contribution in [3.8, 4) is 11.5 Å². The first kappa shape index (κ1) is 14.5. The zero-order valence-electron chi connectivity index (χ0n) is 12.4. The Morgan fingerprint density at radius 1 is 1.20 bits per heavy atom. The molecule has 0 aliphatic carbocycles. The molecule has 0 fully saturated rings. The van der Waals surface area contributed by atoms with Gasteiger partial charge in [0.05, 0.1) is 5.69 Å². The molecule has 0 aliphatic heterocycles. The summed E-state index contributed by atoms with van der Waals surface area (Å²) < 4.78 is 5.93. The second-order valence-corrected chi connectivity index (χ2v) is 5.16. The summed E-state index contributed by atoms with van der Waals surface area (Å²) in [5.41, 5.74) is 9.27. The summed E-state index contributed by atoms with van der Waals surface area (Å²) in [5, 5.41) is 0. The average molecular weight is 270 g/mol. The van der Waals surface area contributed by atoms with E-state index in [9.17, 15) is 0 Å². The molecule has 1 atom stereocenters. The number of aryl methyl sites for hydroxylation is 2. The molecule has 106 valence electrons. The van der Waals surface area contributed by atoms with Crippen molar-refractivity contribution in [3.05, 3.63) is 53.3 Å². The molecule has 2 aromatic rings. The number of ether oxygens (including phenoxy) is 1. The standard InChI is InChI=1S/C17H22N2O/c1-4-15(18)11-14-7-8-16(12(2)10-14)20-17-6-5-9-19-13(17)3/h5-10,15H,4,11,18H2,1-3H3. The van der Waals surface area contributed by atoms with Crippen LogP contribution in [-0.4, -0.2) is 11.0 Å². The topological polar surface area (TPSA) is 48.1 Å². The summed E-state index contributed by atoms with van der Waals surface area (Å²) >= 11 is 0. The Morgan fingerprint density at radius 2 is 2.00 bits per heavy atom. The van der Waals surface area contributed by atoms with Gasteiger partial charge in [-0.2, -0.15) is 0 Å². The predicted molar refractivity (Wildman–Crippen MR) is 82.2 cm³/mol. The van der Waals surface area contributed by atoms with Gasteiger partial charge in [0.1, 0.15) is 11.5 Å². The Balaban J connectivity index is 2.16. The zero-order chi connectivity index (χ0) is 14.5. The van der Waals surface area contributed by atoms with Crippen LogP contribution < -0.4 is 10.5 Å². The molecule has 1 heterocycles. The van der Waals surface area contributed by atoms with Gasteiger partial charge < -0.3 is 10.5 Å². The zero-order valence-corrected chi connectivity index (χ0v) is 12.4. The second kappa shape index (κ2) is 6.53. The highest BCUT2D eigenvalue weighted by molar-refractivity contribution is 5.40. The van der Waals surface area contributed by atoms with Gasteiger partial charge in [-0.25, -0.2) is 0 Å². The first-order valence-corrected chi connectivity index (χ1v) is 7.04. The van der Waals surface area contributed by atoms with Gasteiger partial charge >= 0.3 is 0 Å². The first-order valence-electron chi connectivity index (χ1n) is 7.04. The molecular weight excluding hydrogens is 248 g/mol. The van der Waals surface area contributed by atoms with Crippen molar-refractivity contribution in [1.29, 1.82) is 0 Å². The Hall–Kier alpha value is -1.87. The maximum absolute atomic E-state index is 6.00. The molecule has 0 amide bonds. The van der Waals surface area contributed by atoms with E-state index in [4.69, 9.17) is 10.5 Å². The largest absolute Gasteiger partial charge is 0.455 e. The Labute approximate surface area is 120 Å². The molecule has 20 heavy (non-hydrogen) atoms. The molecule has 1 unspecified atom stereocenters. The molecular formula is C17H22N2O. The van der Waals surface area contributed by atoms with Crippen LogP contribution in [0.15, 0.2) is 36.5 Å². The van der Waals surface area contributed by atoms with Crippen LogP contribution in [0.25, 0.3) is 0 Å². The number of nitrogens with zero attached hydrogens (tertiary/aromatic N) is 1. The fraction of sp³-hybridized carbons (Fsp3) is 0.353. The molecule has 0 radical (unpaired) electrons. The predicted octanol–water partition coefficient (Wildman–Crippen LogP) is 3.77. The van der Waals surface area contributed by atoms with Crippen LogP contribution in [0.3, 0.4) is 0 Å². The molecule has 1 aromatic heterocycles. The fourth-order valence-electron chi connectivity index (χ4n) is 2.10. The van der Waals surface area contributed by atoms with E-state index in [1.165, 1.54) is 5.56 Å². The van der Waals surface area contributed by atoms with E-state index in [-0.39, 0.29) is 6.04 Å². The smallest absolute Gasteiger partial charge is 0.148 e. The highest BCUT2D eigenvalue weighted by Crippen LogP contribution is 2.27. The van der Waals surface area contributed by atoms with E-state index >= 15 is 0 Å². The third-order valence-corrected chi connectivity index (χ3v) is 3.44. The summed E-state index contributed by atoms with van der Waals surface area (Å²) in [4.78, 5) is 4.23. The average Bonchev–Trinajstić information content (AvgIpc) is 2.44. The summed E-state index contributed by atoms with van der Waals surface area (Å²) in [6.45, 7) is 6.11. The minimum absolute atomic E-state index is 0.224. The first-order chi connectivity index (χ1) is 9.60. The van der Waals surface area contributed by atoms with Crippen LogP contribution in [0, 0.1) is 13.8 Å². The minimum atomic E-state index is 0.224. The maximum atomic E-state index is 6.00. The van der Waals surface area contributed by atoms with Gasteiger partial charge in [-0.3, -0.25) is 4.98 Å². The third-order valence-electron chi connectivity index (χ3n) is 3.44. The fourth-order valence-corrected chi connectivity index (χ4v) is 2.10. The van der Waals surface area contributed by atoms with Gasteiger partial charge in [0.2, 0.25) is 0 Å². The highest BCUT2D eigenvalue weighted by Gasteiger charge is 2.07. The normalized spacial score (nSPS) is 12.2. The van der Waals surface area contributed by atoms with Gasteiger partial charge in [0.25, 0.3) is 0 Å². The number of hydrogen-bond donors (Lipinski definition) is 1. The lowest BCUT2D eigenvalue weighted by atomic mass is 10.0. The van der Waals surface area contributed by atoms with Crippen molar-refractivity contribution in [3.63, 3.8) is 0 Å². The van der Waals surface area contributed by atoms with E-state index in [2.05, 4.69) is 31.0 Å². The third kappa shape index (κ3) is 3.58. The van der Waals surface area contributed by atoms with E-state index in [0.717, 1.165) is 35.6 Å². The van der Waals surface area contributed by atoms with Gasteiger partial charge in [0, 0.05) is 12.2 Å². The van der Waals surface area contributed by atoms with Crippen molar-refractivity contribution in [2.75, 3.05) is 0 Å². The van der Waals surface area contributed by atoms with Gasteiger partial charge in [-0.15, -0.1) is 0 Å². The molecule has 0 aliphatic rings. The van der Waals surface area contributed by atoms with Gasteiger partial charge in [-0.05, 0) is 56.0 Å². The van der Waals surface area contributed by atoms with Crippen molar-refractivity contribution in [2.24, 2.45) is 5.73 Å². The summed E-state index contributed by atoms with van der Waals surface area (Å²) in [6.07, 6.45) is 3.67. The van der Waals surface area contributed by atoms with E-state index in [1.54, 1.807) is 6.20 Å². The van der Waals surface area contributed by atoms with Crippen molar-refractivity contribution in [2.45, 2.75) is 39.7 Å². The summed E-state index contributed by atoms with van der Waals surface area (Å²) in [5.74, 6) is 1.67. The maximum Gasteiger partial charge on any atom is 0.148 e. The number of pyridine rings is 1. The Morgan fingerprint density at radius 3 is 2.65 bits per heavy atom. The van der Waals surface area contributed by atoms with Crippen LogP contribution >= 0.6 is 0 Å². The molecule has 0 saturated carbocycles. The molecule has 3 heteroatoms. The Bertz CT molecular complexity index is 581. The van der Waals surface area contributed by atoms with Crippen molar-refractivity contribution >= 4 is 0 Å². The Kier molecular flexibility index (Phi) is 4.74. The SMILES string of the molecule is CCC(N)Cc1ccc(Oc2cccnc2C)c(C)c1. The molecule has 2 N–H and O–H groups in total. The van der Waals surface area contributed by atoms with Gasteiger partial charge in [-0.1, -0.05) is 19.1 Å². The van der Waals surface area contributed by atoms with Gasteiger partial charge in [0.15, 0.2) is 0 Å². The van der Waals surface area contributed by atoms with Crippen LogP contribution in [0.4, 0.5) is 0 Å². The van der Waals surface area contributed by atoms with Crippen molar-refractivity contribution in [1.82, 2.24) is 4.98 Å². The van der Waals surface area contributed by atoms with Crippen LogP contribution in [0.2, 0.25) is 0 Å². The molecule has 3 nitrogen and oxygen atoms in total. The molecule has 0 saturated heterocycles. The number of rotatable bonds is 5. The van der Waals surface area contributed by atoms with E-state index in [1.807, 2.05) is 25.1 Å². The number of aromatic nitrogens is 1. The molecule has 1 aromatic carbocycles. The molecule has 0 spiro atoms. The quantitative estimate of drug-likeness (QED) is 0.899. The monoisotopic (exact) mass is 270 g/mol. The lowest BCUT2D eigenvalue weighted by Gasteiger charge is -2.13. The molecule has 2 rings (SSSR count). The number of nitrogens with two attached hydrogens (primary N) is 1. The second-order valence-electron chi connectivity index (χ2n) is 5.16. The molecule has 0 bridgehead atoms. The van der Waals surface area contributed by atoms with E-state index in [0.29, 0.717) is 0 Å². The summed E-state index contributed by atoms with van der Waals surface area (Å²) in [7, 11) is 0.